The Morgan fingerprint density at radius 1 is 1.48 bits per heavy atom. The number of amides is 1. The average molecular weight is 308 g/mol. The number of benzene rings is 1. The van der Waals surface area contributed by atoms with Crippen molar-refractivity contribution in [1.29, 1.82) is 0 Å². The van der Waals surface area contributed by atoms with E-state index in [1.165, 1.54) is 4.90 Å². The van der Waals surface area contributed by atoms with Crippen molar-refractivity contribution in [3.8, 4) is 0 Å². The number of rotatable bonds is 6. The van der Waals surface area contributed by atoms with Crippen LogP contribution in [0.3, 0.4) is 0 Å². The molecular weight excluding hydrogens is 284 g/mol. The third kappa shape index (κ3) is 5.34. The molecule has 0 radical (unpaired) electrons. The van der Waals surface area contributed by atoms with Gasteiger partial charge in [0.15, 0.2) is 0 Å². The molecular formula is C16H24N2O2S. The van der Waals surface area contributed by atoms with Crippen LogP contribution in [0.15, 0.2) is 29.2 Å². The van der Waals surface area contributed by atoms with E-state index < -0.39 is 0 Å². The van der Waals surface area contributed by atoms with Crippen molar-refractivity contribution in [2.45, 2.75) is 37.2 Å². The smallest absolute Gasteiger partial charge is 0.222 e. The first-order valence-corrected chi connectivity index (χ1v) is 8.51. The van der Waals surface area contributed by atoms with Gasteiger partial charge in [0.25, 0.3) is 0 Å². The van der Waals surface area contributed by atoms with E-state index in [2.05, 4.69) is 41.8 Å². The zero-order valence-corrected chi connectivity index (χ0v) is 13.5. The van der Waals surface area contributed by atoms with Crippen molar-refractivity contribution in [3.05, 3.63) is 29.8 Å². The highest BCUT2D eigenvalue weighted by molar-refractivity contribution is 7.99. The molecule has 0 aromatic heterocycles. The van der Waals surface area contributed by atoms with Crippen molar-refractivity contribution in [3.63, 3.8) is 0 Å². The van der Waals surface area contributed by atoms with Gasteiger partial charge in [0.2, 0.25) is 5.91 Å². The van der Waals surface area contributed by atoms with Crippen LogP contribution in [0.5, 0.6) is 0 Å². The number of hydrogen-bond acceptors (Lipinski definition) is 4. The molecule has 1 heterocycles. The third-order valence-corrected chi connectivity index (χ3v) is 4.39. The second-order valence-electron chi connectivity index (χ2n) is 5.22. The van der Waals surface area contributed by atoms with E-state index in [1.807, 2.05) is 18.7 Å². The van der Waals surface area contributed by atoms with E-state index in [1.54, 1.807) is 0 Å². The summed E-state index contributed by atoms with van der Waals surface area (Å²) in [4.78, 5) is 13.3. The molecule has 2 atom stereocenters. The quantitative estimate of drug-likeness (QED) is 0.792. The molecule has 0 saturated carbocycles. The molecule has 1 aromatic carbocycles. The molecule has 0 bridgehead atoms. The largest absolute Gasteiger partial charge is 0.378 e. The van der Waals surface area contributed by atoms with Gasteiger partial charge in [-0.1, -0.05) is 19.1 Å². The number of morpholine rings is 1. The second kappa shape index (κ2) is 8.41. The van der Waals surface area contributed by atoms with E-state index in [9.17, 15) is 4.79 Å². The van der Waals surface area contributed by atoms with E-state index in [0.717, 1.165) is 24.5 Å². The Kier molecular flexibility index (Phi) is 6.54. The number of ether oxygens (including phenoxy) is 1. The van der Waals surface area contributed by atoms with Crippen LogP contribution in [0.2, 0.25) is 0 Å². The second-order valence-corrected chi connectivity index (χ2v) is 6.56. The molecule has 1 amide bonds. The fourth-order valence-corrected chi connectivity index (χ4v) is 3.04. The van der Waals surface area contributed by atoms with Crippen molar-refractivity contribution in [1.82, 2.24) is 10.6 Å². The lowest BCUT2D eigenvalue weighted by molar-refractivity contribution is -0.122. The molecule has 4 nitrogen and oxygen atoms in total. The average Bonchev–Trinajstić information content (AvgIpc) is 2.49. The number of hydrogen-bond donors (Lipinski definition) is 2. The number of carbonyl (C=O) groups is 1. The van der Waals surface area contributed by atoms with Crippen LogP contribution in [-0.2, 0) is 9.53 Å². The molecule has 1 saturated heterocycles. The van der Waals surface area contributed by atoms with Gasteiger partial charge in [-0.25, -0.2) is 0 Å². The van der Waals surface area contributed by atoms with Crippen molar-refractivity contribution in [2.75, 3.05) is 25.5 Å². The predicted octanol–water partition coefficient (Wildman–Crippen LogP) is 2.35. The first kappa shape index (κ1) is 16.3. The lowest BCUT2D eigenvalue weighted by Crippen LogP contribution is -2.44. The summed E-state index contributed by atoms with van der Waals surface area (Å²) in [7, 11) is 0. The summed E-state index contributed by atoms with van der Waals surface area (Å²) in [5, 5.41) is 6.35. The molecule has 1 aliphatic heterocycles. The minimum absolute atomic E-state index is 0.0303. The Balaban J connectivity index is 1.82. The highest BCUT2D eigenvalue weighted by Crippen LogP contribution is 2.20. The molecule has 1 aromatic rings. The van der Waals surface area contributed by atoms with Gasteiger partial charge in [0.1, 0.15) is 0 Å². The van der Waals surface area contributed by atoms with Gasteiger partial charge in [-0.05, 0) is 30.4 Å². The van der Waals surface area contributed by atoms with Crippen LogP contribution in [0.25, 0.3) is 0 Å². The molecule has 116 valence electrons. The Bertz CT molecular complexity index is 444. The van der Waals surface area contributed by atoms with Crippen LogP contribution >= 0.6 is 11.8 Å². The lowest BCUT2D eigenvalue weighted by Gasteiger charge is -2.24. The number of thioether (sulfide) groups is 1. The van der Waals surface area contributed by atoms with Gasteiger partial charge < -0.3 is 15.4 Å². The number of carbonyl (C=O) groups excluding carboxylic acids is 1. The summed E-state index contributed by atoms with van der Waals surface area (Å²) in [6, 6.07) is 8.57. The minimum atomic E-state index is 0.0303. The lowest BCUT2D eigenvalue weighted by atomic mass is 10.1. The zero-order chi connectivity index (χ0) is 15.1. The van der Waals surface area contributed by atoms with Crippen molar-refractivity contribution < 1.29 is 9.53 Å². The van der Waals surface area contributed by atoms with Crippen LogP contribution in [0, 0.1) is 0 Å². The summed E-state index contributed by atoms with van der Waals surface area (Å²) in [6.45, 7) is 6.33. The first-order valence-electron chi connectivity index (χ1n) is 7.52. The highest BCUT2D eigenvalue weighted by atomic mass is 32.2. The Morgan fingerprint density at radius 3 is 2.86 bits per heavy atom. The minimum Gasteiger partial charge on any atom is -0.378 e. The Morgan fingerprint density at radius 2 is 2.24 bits per heavy atom. The van der Waals surface area contributed by atoms with Crippen LogP contribution in [0.4, 0.5) is 0 Å². The van der Waals surface area contributed by atoms with Gasteiger partial charge in [-0.3, -0.25) is 4.79 Å². The molecule has 2 unspecified atom stereocenters. The maximum Gasteiger partial charge on any atom is 0.222 e. The van der Waals surface area contributed by atoms with Gasteiger partial charge in [0, 0.05) is 23.9 Å². The summed E-state index contributed by atoms with van der Waals surface area (Å²) in [5.41, 5.74) is 1.14. The summed E-state index contributed by atoms with van der Waals surface area (Å²) in [5.74, 6) is 1.14. The molecule has 5 heteroatoms. The normalized spacial score (nSPS) is 20.0. The van der Waals surface area contributed by atoms with E-state index in [-0.39, 0.29) is 18.0 Å². The molecule has 1 fully saturated rings. The van der Waals surface area contributed by atoms with Gasteiger partial charge >= 0.3 is 0 Å². The monoisotopic (exact) mass is 308 g/mol. The summed E-state index contributed by atoms with van der Waals surface area (Å²) in [6.07, 6.45) is 0.466. The summed E-state index contributed by atoms with van der Waals surface area (Å²) < 4.78 is 5.36. The Labute approximate surface area is 131 Å². The molecule has 2 rings (SSSR count). The van der Waals surface area contributed by atoms with Crippen molar-refractivity contribution in [2.24, 2.45) is 0 Å². The predicted molar refractivity (Wildman–Crippen MR) is 86.6 cm³/mol. The maximum absolute atomic E-state index is 12.1. The van der Waals surface area contributed by atoms with Gasteiger partial charge in [-0.15, -0.1) is 11.8 Å². The number of nitrogens with one attached hydrogen (secondary N) is 2. The third-order valence-electron chi connectivity index (χ3n) is 3.50. The van der Waals surface area contributed by atoms with E-state index >= 15 is 0 Å². The molecule has 0 spiro atoms. The van der Waals surface area contributed by atoms with Gasteiger partial charge in [0.05, 0.1) is 19.3 Å². The van der Waals surface area contributed by atoms with E-state index in [0.29, 0.717) is 13.0 Å². The topological polar surface area (TPSA) is 50.4 Å². The highest BCUT2D eigenvalue weighted by Gasteiger charge is 2.18. The van der Waals surface area contributed by atoms with E-state index in [4.69, 9.17) is 4.74 Å². The molecule has 0 aliphatic carbocycles. The van der Waals surface area contributed by atoms with Crippen LogP contribution < -0.4 is 10.6 Å². The van der Waals surface area contributed by atoms with Crippen molar-refractivity contribution >= 4 is 17.7 Å². The summed E-state index contributed by atoms with van der Waals surface area (Å²) >= 11 is 1.82. The SMILES string of the molecule is CCSc1ccc(C(C)NC(=O)CC2COCCN2)cc1. The standard InChI is InChI=1S/C16H24N2O2S/c1-3-21-15-6-4-13(5-7-15)12(2)18-16(19)10-14-11-20-9-8-17-14/h4-7,12,14,17H,3,8-11H2,1-2H3,(H,18,19). The maximum atomic E-state index is 12.1. The Hall–Kier alpha value is -1.04. The van der Waals surface area contributed by atoms with Gasteiger partial charge in [-0.2, -0.15) is 0 Å². The molecule has 21 heavy (non-hydrogen) atoms. The fourth-order valence-electron chi connectivity index (χ4n) is 2.38. The zero-order valence-electron chi connectivity index (χ0n) is 12.7. The fraction of sp³-hybridized carbons (Fsp3) is 0.562. The molecule has 1 aliphatic rings. The van der Waals surface area contributed by atoms with Crippen LogP contribution in [-0.4, -0.2) is 37.5 Å². The van der Waals surface area contributed by atoms with Crippen LogP contribution in [0.1, 0.15) is 31.9 Å². The molecule has 2 N–H and O–H groups in total. The first-order chi connectivity index (χ1) is 10.2.